The largest absolute Gasteiger partial charge is 0.382 e. The van der Waals surface area contributed by atoms with E-state index in [2.05, 4.69) is 15.4 Å². The number of hydrogen-bond acceptors (Lipinski definition) is 3. The van der Waals surface area contributed by atoms with Gasteiger partial charge >= 0.3 is 0 Å². The molecule has 2 aromatic heterocycles. The van der Waals surface area contributed by atoms with Gasteiger partial charge in [0.2, 0.25) is 0 Å². The lowest BCUT2D eigenvalue weighted by atomic mass is 10.3. The van der Waals surface area contributed by atoms with Crippen molar-refractivity contribution in [3.05, 3.63) is 36.8 Å². The zero-order valence-electron chi connectivity index (χ0n) is 9.00. The molecule has 2 aromatic rings. The van der Waals surface area contributed by atoms with E-state index in [0.717, 1.165) is 24.0 Å². The molecule has 1 saturated carbocycles. The van der Waals surface area contributed by atoms with Crippen LogP contribution in [0.3, 0.4) is 0 Å². The number of aromatic nitrogens is 3. The van der Waals surface area contributed by atoms with Crippen LogP contribution in [-0.4, -0.2) is 21.3 Å². The van der Waals surface area contributed by atoms with Crippen LogP contribution < -0.4 is 5.32 Å². The molecule has 0 atom stereocenters. The van der Waals surface area contributed by atoms with Gasteiger partial charge in [0.15, 0.2) is 5.82 Å². The summed E-state index contributed by atoms with van der Waals surface area (Å²) in [6.45, 7) is 1.04. The molecule has 0 aromatic carbocycles. The average Bonchev–Trinajstić information content (AvgIpc) is 3.00. The lowest BCUT2D eigenvalue weighted by Crippen LogP contribution is -2.08. The molecule has 3 rings (SSSR count). The van der Waals surface area contributed by atoms with Crippen molar-refractivity contribution in [1.29, 1.82) is 0 Å². The van der Waals surface area contributed by atoms with Gasteiger partial charge in [-0.25, -0.2) is 9.67 Å². The molecule has 0 bridgehead atoms. The molecule has 16 heavy (non-hydrogen) atoms. The number of nitrogens with one attached hydrogen (secondary N) is 1. The first-order valence-corrected chi connectivity index (χ1v) is 5.62. The third-order valence-electron chi connectivity index (χ3n) is 2.79. The SMILES string of the molecule is c1cnc(-n2cccn2)c(NCC2CC2)c1. The van der Waals surface area contributed by atoms with Crippen molar-refractivity contribution < 1.29 is 0 Å². The first-order valence-electron chi connectivity index (χ1n) is 5.62. The summed E-state index contributed by atoms with van der Waals surface area (Å²) in [4.78, 5) is 4.36. The van der Waals surface area contributed by atoms with E-state index in [9.17, 15) is 0 Å². The van der Waals surface area contributed by atoms with Crippen LogP contribution >= 0.6 is 0 Å². The highest BCUT2D eigenvalue weighted by Crippen LogP contribution is 2.29. The van der Waals surface area contributed by atoms with Crippen LogP contribution in [0.2, 0.25) is 0 Å². The number of rotatable bonds is 4. The Labute approximate surface area is 94.3 Å². The van der Waals surface area contributed by atoms with E-state index >= 15 is 0 Å². The van der Waals surface area contributed by atoms with Gasteiger partial charge in [0.25, 0.3) is 0 Å². The molecule has 1 N–H and O–H groups in total. The molecule has 2 heterocycles. The molecule has 1 aliphatic carbocycles. The normalized spacial score (nSPS) is 15.0. The van der Waals surface area contributed by atoms with E-state index in [1.165, 1.54) is 12.8 Å². The fourth-order valence-corrected chi connectivity index (χ4v) is 1.69. The Morgan fingerprint density at radius 1 is 1.31 bits per heavy atom. The molecule has 4 heteroatoms. The minimum atomic E-state index is 0.852. The number of nitrogens with zero attached hydrogens (tertiary/aromatic N) is 3. The maximum Gasteiger partial charge on any atom is 0.176 e. The summed E-state index contributed by atoms with van der Waals surface area (Å²) < 4.78 is 1.79. The predicted molar refractivity (Wildman–Crippen MR) is 62.6 cm³/mol. The van der Waals surface area contributed by atoms with E-state index in [0.29, 0.717) is 0 Å². The first-order chi connectivity index (χ1) is 7.93. The Hall–Kier alpha value is -1.84. The van der Waals surface area contributed by atoms with Crippen LogP contribution in [0.5, 0.6) is 0 Å². The molecule has 0 aliphatic heterocycles. The smallest absolute Gasteiger partial charge is 0.176 e. The molecule has 0 unspecified atom stereocenters. The average molecular weight is 214 g/mol. The summed E-state index contributed by atoms with van der Waals surface area (Å²) in [5, 5.41) is 7.64. The zero-order valence-corrected chi connectivity index (χ0v) is 9.00. The van der Waals surface area contributed by atoms with Crippen molar-refractivity contribution in [1.82, 2.24) is 14.8 Å². The number of hydrogen-bond donors (Lipinski definition) is 1. The minimum absolute atomic E-state index is 0.852. The van der Waals surface area contributed by atoms with Crippen molar-refractivity contribution in [3.8, 4) is 5.82 Å². The zero-order chi connectivity index (χ0) is 10.8. The molecule has 82 valence electrons. The van der Waals surface area contributed by atoms with Crippen molar-refractivity contribution >= 4 is 5.69 Å². The Balaban J connectivity index is 1.85. The number of anilines is 1. The highest BCUT2D eigenvalue weighted by Gasteiger charge is 2.21. The van der Waals surface area contributed by atoms with E-state index < -0.39 is 0 Å². The summed E-state index contributed by atoms with van der Waals surface area (Å²) >= 11 is 0. The van der Waals surface area contributed by atoms with E-state index in [1.807, 2.05) is 24.4 Å². The lowest BCUT2D eigenvalue weighted by molar-refractivity contribution is 0.836. The highest BCUT2D eigenvalue weighted by atomic mass is 15.3. The molecule has 1 fully saturated rings. The van der Waals surface area contributed by atoms with Crippen molar-refractivity contribution in [2.75, 3.05) is 11.9 Å². The second-order valence-electron chi connectivity index (χ2n) is 4.15. The summed E-state index contributed by atoms with van der Waals surface area (Å²) in [5.41, 5.74) is 1.05. The number of pyridine rings is 1. The summed E-state index contributed by atoms with van der Waals surface area (Å²) in [6, 6.07) is 5.90. The van der Waals surface area contributed by atoms with E-state index in [1.54, 1.807) is 17.1 Å². The fourth-order valence-electron chi connectivity index (χ4n) is 1.69. The molecule has 4 nitrogen and oxygen atoms in total. The predicted octanol–water partition coefficient (Wildman–Crippen LogP) is 2.09. The highest BCUT2D eigenvalue weighted by molar-refractivity contribution is 5.56. The van der Waals surface area contributed by atoms with Gasteiger partial charge in [-0.1, -0.05) is 0 Å². The van der Waals surface area contributed by atoms with E-state index in [-0.39, 0.29) is 0 Å². The molecular weight excluding hydrogens is 200 g/mol. The summed E-state index contributed by atoms with van der Waals surface area (Å²) in [7, 11) is 0. The topological polar surface area (TPSA) is 42.7 Å². The van der Waals surface area contributed by atoms with Gasteiger partial charge in [-0.05, 0) is 37.0 Å². The first kappa shape index (κ1) is 9.39. The minimum Gasteiger partial charge on any atom is -0.382 e. The summed E-state index contributed by atoms with van der Waals surface area (Å²) in [6.07, 6.45) is 8.16. The van der Waals surface area contributed by atoms with Gasteiger partial charge < -0.3 is 5.32 Å². The lowest BCUT2D eigenvalue weighted by Gasteiger charge is -2.10. The van der Waals surface area contributed by atoms with Crippen LogP contribution in [-0.2, 0) is 0 Å². The Morgan fingerprint density at radius 2 is 2.25 bits per heavy atom. The van der Waals surface area contributed by atoms with Gasteiger partial charge in [-0.15, -0.1) is 0 Å². The molecule has 0 radical (unpaired) electrons. The molecular formula is C12H14N4. The molecule has 1 aliphatic rings. The molecule has 0 spiro atoms. The van der Waals surface area contributed by atoms with Gasteiger partial charge in [0, 0.05) is 25.1 Å². The third kappa shape index (κ3) is 1.91. The molecule has 0 amide bonds. The van der Waals surface area contributed by atoms with Crippen molar-refractivity contribution in [2.24, 2.45) is 5.92 Å². The van der Waals surface area contributed by atoms with Gasteiger partial charge in [-0.2, -0.15) is 5.10 Å². The van der Waals surface area contributed by atoms with Crippen molar-refractivity contribution in [2.45, 2.75) is 12.8 Å². The fraction of sp³-hybridized carbons (Fsp3) is 0.333. The standard InChI is InChI=1S/C12H14N4/c1-3-11(14-9-10-4-5-10)12(13-6-1)16-8-2-7-15-16/h1-3,6-8,10,14H,4-5,9H2. The maximum absolute atomic E-state index is 4.36. The van der Waals surface area contributed by atoms with Gasteiger partial charge in [0.1, 0.15) is 0 Å². The van der Waals surface area contributed by atoms with E-state index in [4.69, 9.17) is 0 Å². The second-order valence-corrected chi connectivity index (χ2v) is 4.15. The Morgan fingerprint density at radius 3 is 3.00 bits per heavy atom. The summed E-state index contributed by atoms with van der Waals surface area (Å²) in [5.74, 6) is 1.72. The Bertz CT molecular complexity index is 460. The van der Waals surface area contributed by atoms with Crippen LogP contribution in [0.15, 0.2) is 36.8 Å². The monoisotopic (exact) mass is 214 g/mol. The molecule has 0 saturated heterocycles. The Kier molecular flexibility index (Phi) is 2.33. The third-order valence-corrected chi connectivity index (χ3v) is 2.79. The van der Waals surface area contributed by atoms with Crippen LogP contribution in [0, 0.1) is 5.92 Å². The van der Waals surface area contributed by atoms with Crippen LogP contribution in [0.4, 0.5) is 5.69 Å². The maximum atomic E-state index is 4.36. The van der Waals surface area contributed by atoms with Crippen LogP contribution in [0.25, 0.3) is 5.82 Å². The second kappa shape index (κ2) is 3.96. The van der Waals surface area contributed by atoms with Crippen molar-refractivity contribution in [3.63, 3.8) is 0 Å². The van der Waals surface area contributed by atoms with Crippen LogP contribution in [0.1, 0.15) is 12.8 Å². The van der Waals surface area contributed by atoms with Gasteiger partial charge in [-0.3, -0.25) is 0 Å². The van der Waals surface area contributed by atoms with Gasteiger partial charge in [0.05, 0.1) is 5.69 Å². The quantitative estimate of drug-likeness (QED) is 0.847.